The Kier molecular flexibility index (Phi) is 4.51. The molecule has 0 aliphatic carbocycles. The Morgan fingerprint density at radius 3 is 2.85 bits per heavy atom. The van der Waals surface area contributed by atoms with Crippen LogP contribution in [-0.4, -0.2) is 44.9 Å². The number of amides is 2. The molecule has 8 heteroatoms. The van der Waals surface area contributed by atoms with Crippen molar-refractivity contribution in [3.63, 3.8) is 0 Å². The predicted molar refractivity (Wildman–Crippen MR) is 105 cm³/mol. The number of H-pyrrole nitrogens is 1. The largest absolute Gasteiger partial charge is 0.395 e. The van der Waals surface area contributed by atoms with Gasteiger partial charge in [0.25, 0.3) is 11.8 Å². The van der Waals surface area contributed by atoms with Gasteiger partial charge in [-0.05, 0) is 30.3 Å². The molecule has 0 fully saturated rings. The highest BCUT2D eigenvalue weighted by molar-refractivity contribution is 9.10. The zero-order valence-corrected chi connectivity index (χ0v) is 15.7. The summed E-state index contributed by atoms with van der Waals surface area (Å²) in [7, 11) is 0. The minimum atomic E-state index is -0.451. The number of carbonyl (C=O) groups is 2. The predicted octanol–water partition coefficient (Wildman–Crippen LogP) is 2.65. The number of imidazole rings is 1. The number of benzene rings is 2. The average Bonchev–Trinajstić information content (AvgIpc) is 3.18. The van der Waals surface area contributed by atoms with Crippen molar-refractivity contribution in [1.82, 2.24) is 14.9 Å². The van der Waals surface area contributed by atoms with Gasteiger partial charge in [-0.15, -0.1) is 0 Å². The summed E-state index contributed by atoms with van der Waals surface area (Å²) in [4.78, 5) is 33.0. The summed E-state index contributed by atoms with van der Waals surface area (Å²) < 4.78 is 0.962. The van der Waals surface area contributed by atoms with Crippen LogP contribution in [-0.2, 0) is 9.59 Å². The van der Waals surface area contributed by atoms with E-state index in [-0.39, 0.29) is 18.8 Å². The standard InChI is InChI=1S/C19H15BrN4O3/c20-12-4-5-14-15(9-12)23-18(22-14)11-2-1-3-13(8-11)21-16-10-17(26)24(6-7-25)19(16)27/h1-5,8-10,21,25H,6-7H2,(H,22,23). The van der Waals surface area contributed by atoms with Crippen molar-refractivity contribution >= 4 is 44.5 Å². The van der Waals surface area contributed by atoms with E-state index >= 15 is 0 Å². The van der Waals surface area contributed by atoms with Crippen molar-refractivity contribution in [3.8, 4) is 11.4 Å². The molecule has 2 aromatic carbocycles. The lowest BCUT2D eigenvalue weighted by Crippen LogP contribution is -2.34. The fraction of sp³-hybridized carbons (Fsp3) is 0.105. The van der Waals surface area contributed by atoms with Crippen molar-refractivity contribution in [3.05, 3.63) is 58.7 Å². The van der Waals surface area contributed by atoms with Crippen LogP contribution in [0.15, 0.2) is 58.7 Å². The van der Waals surface area contributed by atoms with E-state index < -0.39 is 11.8 Å². The number of aliphatic hydroxyl groups excluding tert-OH is 1. The van der Waals surface area contributed by atoms with Crippen LogP contribution in [0.5, 0.6) is 0 Å². The lowest BCUT2D eigenvalue weighted by atomic mass is 10.2. The maximum atomic E-state index is 12.3. The molecular formula is C19H15BrN4O3. The van der Waals surface area contributed by atoms with Gasteiger partial charge in [0, 0.05) is 21.8 Å². The summed E-state index contributed by atoms with van der Waals surface area (Å²) in [6, 6.07) is 13.2. The SMILES string of the molecule is O=C1C=C(Nc2cccc(-c3nc4ccc(Br)cc4[nH]3)c2)C(=O)N1CCO. The van der Waals surface area contributed by atoms with Gasteiger partial charge in [0.2, 0.25) is 0 Å². The van der Waals surface area contributed by atoms with Gasteiger partial charge in [0.15, 0.2) is 0 Å². The highest BCUT2D eigenvalue weighted by Gasteiger charge is 2.30. The first kappa shape index (κ1) is 17.4. The van der Waals surface area contributed by atoms with E-state index in [2.05, 4.69) is 31.2 Å². The molecule has 0 atom stereocenters. The molecule has 0 bridgehead atoms. The molecule has 0 saturated heterocycles. The number of imide groups is 1. The molecule has 0 radical (unpaired) electrons. The Morgan fingerprint density at radius 2 is 2.04 bits per heavy atom. The number of aliphatic hydroxyl groups is 1. The lowest BCUT2D eigenvalue weighted by molar-refractivity contribution is -0.137. The van der Waals surface area contributed by atoms with Crippen molar-refractivity contribution < 1.29 is 14.7 Å². The van der Waals surface area contributed by atoms with Crippen LogP contribution < -0.4 is 5.32 Å². The van der Waals surface area contributed by atoms with Crippen molar-refractivity contribution in [2.45, 2.75) is 0 Å². The molecule has 0 saturated carbocycles. The first-order valence-corrected chi connectivity index (χ1v) is 9.05. The van der Waals surface area contributed by atoms with Gasteiger partial charge in [-0.2, -0.15) is 0 Å². The summed E-state index contributed by atoms with van der Waals surface area (Å²) in [5.74, 6) is -0.180. The van der Waals surface area contributed by atoms with E-state index in [1.54, 1.807) is 6.07 Å². The first-order valence-electron chi connectivity index (χ1n) is 8.26. The van der Waals surface area contributed by atoms with Crippen LogP contribution in [0.1, 0.15) is 0 Å². The number of rotatable bonds is 5. The van der Waals surface area contributed by atoms with Gasteiger partial charge < -0.3 is 15.4 Å². The molecule has 2 amide bonds. The average molecular weight is 427 g/mol. The lowest BCUT2D eigenvalue weighted by Gasteiger charge is -2.13. The van der Waals surface area contributed by atoms with E-state index in [9.17, 15) is 9.59 Å². The number of halogens is 1. The van der Waals surface area contributed by atoms with E-state index in [0.717, 1.165) is 26.0 Å². The Balaban J connectivity index is 1.60. The van der Waals surface area contributed by atoms with Gasteiger partial charge in [-0.1, -0.05) is 28.1 Å². The molecule has 1 aromatic heterocycles. The van der Waals surface area contributed by atoms with Crippen molar-refractivity contribution in [2.24, 2.45) is 0 Å². The van der Waals surface area contributed by atoms with Gasteiger partial charge in [-0.25, -0.2) is 4.98 Å². The summed E-state index contributed by atoms with van der Waals surface area (Å²) in [5.41, 5.74) is 3.45. The van der Waals surface area contributed by atoms with Gasteiger partial charge in [0.05, 0.1) is 24.2 Å². The van der Waals surface area contributed by atoms with Crippen LogP contribution in [0.2, 0.25) is 0 Å². The molecule has 1 aliphatic rings. The molecule has 2 heterocycles. The maximum absolute atomic E-state index is 12.3. The van der Waals surface area contributed by atoms with Crippen LogP contribution in [0.25, 0.3) is 22.4 Å². The zero-order chi connectivity index (χ0) is 19.0. The van der Waals surface area contributed by atoms with Crippen molar-refractivity contribution in [2.75, 3.05) is 18.5 Å². The Bertz CT molecular complexity index is 1090. The number of carbonyl (C=O) groups excluding carboxylic acids is 2. The quantitative estimate of drug-likeness (QED) is 0.544. The maximum Gasteiger partial charge on any atom is 0.277 e. The molecule has 0 spiro atoms. The molecule has 3 N–H and O–H groups in total. The number of anilines is 1. The minimum Gasteiger partial charge on any atom is -0.395 e. The number of nitrogens with zero attached hydrogens (tertiary/aromatic N) is 2. The highest BCUT2D eigenvalue weighted by Crippen LogP contribution is 2.26. The van der Waals surface area contributed by atoms with E-state index in [0.29, 0.717) is 11.5 Å². The molecule has 136 valence electrons. The minimum absolute atomic E-state index is 0.0199. The smallest absolute Gasteiger partial charge is 0.277 e. The molecule has 3 aromatic rings. The summed E-state index contributed by atoms with van der Waals surface area (Å²) in [6.45, 7) is -0.288. The highest BCUT2D eigenvalue weighted by atomic mass is 79.9. The Hall–Kier alpha value is -2.97. The van der Waals surface area contributed by atoms with Gasteiger partial charge in [0.1, 0.15) is 11.5 Å². The number of β-amino-alcohol motifs (C(OH)–C–C–N with tert-alkyl or cyclic N) is 1. The Labute approximate surface area is 162 Å². The monoisotopic (exact) mass is 426 g/mol. The van der Waals surface area contributed by atoms with E-state index in [1.807, 2.05) is 36.4 Å². The van der Waals surface area contributed by atoms with Gasteiger partial charge >= 0.3 is 0 Å². The van der Waals surface area contributed by atoms with E-state index in [1.165, 1.54) is 6.08 Å². The van der Waals surface area contributed by atoms with Gasteiger partial charge in [-0.3, -0.25) is 14.5 Å². The fourth-order valence-corrected chi connectivity index (χ4v) is 3.29. The van der Waals surface area contributed by atoms with E-state index in [4.69, 9.17) is 5.11 Å². The number of fused-ring (bicyclic) bond motifs is 1. The summed E-state index contributed by atoms with van der Waals surface area (Å²) >= 11 is 3.44. The second-order valence-electron chi connectivity index (χ2n) is 6.03. The second-order valence-corrected chi connectivity index (χ2v) is 6.95. The molecule has 4 rings (SSSR count). The third-order valence-electron chi connectivity index (χ3n) is 4.19. The topological polar surface area (TPSA) is 98.3 Å². The number of nitrogens with one attached hydrogen (secondary N) is 2. The number of aromatic amines is 1. The molecule has 1 aliphatic heterocycles. The molecular weight excluding hydrogens is 412 g/mol. The molecule has 7 nitrogen and oxygen atoms in total. The first-order chi connectivity index (χ1) is 13.0. The summed E-state index contributed by atoms with van der Waals surface area (Å²) in [6.07, 6.45) is 1.24. The number of hydrogen-bond acceptors (Lipinski definition) is 5. The third kappa shape index (κ3) is 3.36. The van der Waals surface area contributed by atoms with Crippen molar-refractivity contribution in [1.29, 1.82) is 0 Å². The van der Waals surface area contributed by atoms with Crippen LogP contribution in [0.4, 0.5) is 5.69 Å². The third-order valence-corrected chi connectivity index (χ3v) is 4.69. The second kappa shape index (κ2) is 6.98. The normalized spacial score (nSPS) is 14.1. The number of aromatic nitrogens is 2. The van der Waals surface area contributed by atoms with Crippen LogP contribution in [0.3, 0.4) is 0 Å². The van der Waals surface area contributed by atoms with Crippen LogP contribution >= 0.6 is 15.9 Å². The van der Waals surface area contributed by atoms with Crippen LogP contribution in [0, 0.1) is 0 Å². The Morgan fingerprint density at radius 1 is 1.19 bits per heavy atom. The fourth-order valence-electron chi connectivity index (χ4n) is 2.93. The molecule has 0 unspecified atom stereocenters. The number of hydrogen-bond donors (Lipinski definition) is 3. The zero-order valence-electron chi connectivity index (χ0n) is 14.1. The summed E-state index contributed by atoms with van der Waals surface area (Å²) in [5, 5.41) is 12.0. The molecule has 27 heavy (non-hydrogen) atoms.